The molecule has 0 aliphatic rings. The van der Waals surface area contributed by atoms with Gasteiger partial charge in [0, 0.05) is 0 Å². The molecule has 0 aliphatic carbocycles. The summed E-state index contributed by atoms with van der Waals surface area (Å²) in [6, 6.07) is 0. The molecule has 2 nitrogen and oxygen atoms in total. The SMILES string of the molecule is [CH2]C/C(C)=N\OCC(C)C. The minimum atomic E-state index is 0.543. The van der Waals surface area contributed by atoms with E-state index in [1.165, 1.54) is 0 Å². The molecule has 0 N–H and O–H groups in total. The van der Waals surface area contributed by atoms with Crippen LogP contribution in [-0.2, 0) is 4.84 Å². The van der Waals surface area contributed by atoms with E-state index >= 15 is 0 Å². The molecule has 0 saturated heterocycles. The first kappa shape index (κ1) is 9.47. The zero-order valence-corrected chi connectivity index (χ0v) is 7.05. The summed E-state index contributed by atoms with van der Waals surface area (Å²) in [6.07, 6.45) is 0.720. The summed E-state index contributed by atoms with van der Waals surface area (Å²) >= 11 is 0. The minimum Gasteiger partial charge on any atom is -0.396 e. The molecule has 0 saturated carbocycles. The Morgan fingerprint density at radius 3 is 2.60 bits per heavy atom. The van der Waals surface area contributed by atoms with Crippen molar-refractivity contribution in [1.29, 1.82) is 0 Å². The lowest BCUT2D eigenvalue weighted by Crippen LogP contribution is -1.99. The first-order chi connectivity index (χ1) is 4.66. The zero-order chi connectivity index (χ0) is 7.98. The molecule has 0 rings (SSSR count). The molecule has 2 heteroatoms. The molecular formula is C8H16NO. The van der Waals surface area contributed by atoms with Crippen molar-refractivity contribution in [2.24, 2.45) is 11.1 Å². The summed E-state index contributed by atoms with van der Waals surface area (Å²) in [5.41, 5.74) is 0.945. The predicted octanol–water partition coefficient (Wildman–Crippen LogP) is 2.26. The van der Waals surface area contributed by atoms with E-state index in [0.717, 1.165) is 12.1 Å². The topological polar surface area (TPSA) is 21.6 Å². The fourth-order valence-electron chi connectivity index (χ4n) is 0.342. The molecule has 0 fully saturated rings. The van der Waals surface area contributed by atoms with Crippen LogP contribution in [0.1, 0.15) is 27.2 Å². The van der Waals surface area contributed by atoms with Crippen LogP contribution in [0.4, 0.5) is 0 Å². The van der Waals surface area contributed by atoms with E-state index in [2.05, 4.69) is 25.9 Å². The number of hydrogen-bond donors (Lipinski definition) is 0. The van der Waals surface area contributed by atoms with Gasteiger partial charge in [0.1, 0.15) is 6.61 Å². The molecule has 0 bridgehead atoms. The first-order valence-corrected chi connectivity index (χ1v) is 3.61. The number of rotatable bonds is 4. The van der Waals surface area contributed by atoms with Gasteiger partial charge in [-0.15, -0.1) is 0 Å². The standard InChI is InChI=1S/C8H16NO/c1-5-8(4)9-10-6-7(2)3/h7H,1,5-6H2,2-4H3/b9-8-. The molecule has 0 heterocycles. The van der Waals surface area contributed by atoms with Gasteiger partial charge in [-0.2, -0.15) is 0 Å². The van der Waals surface area contributed by atoms with E-state index in [9.17, 15) is 0 Å². The van der Waals surface area contributed by atoms with Crippen LogP contribution in [0.15, 0.2) is 5.16 Å². The van der Waals surface area contributed by atoms with Gasteiger partial charge in [-0.1, -0.05) is 19.0 Å². The highest BCUT2D eigenvalue weighted by Crippen LogP contribution is 1.93. The van der Waals surface area contributed by atoms with Gasteiger partial charge in [0.05, 0.1) is 5.71 Å². The van der Waals surface area contributed by atoms with E-state index in [0.29, 0.717) is 12.5 Å². The Hall–Kier alpha value is -0.530. The largest absolute Gasteiger partial charge is 0.396 e. The maximum Gasteiger partial charge on any atom is 0.119 e. The zero-order valence-electron chi connectivity index (χ0n) is 7.05. The molecule has 0 unspecified atom stereocenters. The average Bonchev–Trinajstić information content (AvgIpc) is 1.87. The summed E-state index contributed by atoms with van der Waals surface area (Å²) in [5.74, 6) is 0.543. The van der Waals surface area contributed by atoms with E-state index in [1.807, 2.05) is 6.92 Å². The van der Waals surface area contributed by atoms with Gasteiger partial charge in [-0.3, -0.25) is 0 Å². The fourth-order valence-corrected chi connectivity index (χ4v) is 0.342. The quantitative estimate of drug-likeness (QED) is 0.436. The molecule has 59 valence electrons. The molecule has 0 atom stereocenters. The van der Waals surface area contributed by atoms with Crippen molar-refractivity contribution in [1.82, 2.24) is 0 Å². The smallest absolute Gasteiger partial charge is 0.119 e. The Labute approximate surface area is 63.3 Å². The van der Waals surface area contributed by atoms with Crippen LogP contribution < -0.4 is 0 Å². The van der Waals surface area contributed by atoms with E-state index in [4.69, 9.17) is 4.84 Å². The molecule has 0 aliphatic heterocycles. The summed E-state index contributed by atoms with van der Waals surface area (Å²) < 4.78 is 0. The lowest BCUT2D eigenvalue weighted by Gasteiger charge is -2.02. The van der Waals surface area contributed by atoms with Gasteiger partial charge >= 0.3 is 0 Å². The van der Waals surface area contributed by atoms with Crippen molar-refractivity contribution in [3.8, 4) is 0 Å². The third-order valence-electron chi connectivity index (χ3n) is 0.990. The van der Waals surface area contributed by atoms with Crippen molar-refractivity contribution < 1.29 is 4.84 Å². The second-order valence-corrected chi connectivity index (χ2v) is 2.77. The lowest BCUT2D eigenvalue weighted by atomic mass is 10.2. The van der Waals surface area contributed by atoms with Gasteiger partial charge in [-0.05, 0) is 26.2 Å². The van der Waals surface area contributed by atoms with Crippen LogP contribution in [0.25, 0.3) is 0 Å². The van der Waals surface area contributed by atoms with Crippen molar-refractivity contribution in [2.75, 3.05) is 6.61 Å². The summed E-state index contributed by atoms with van der Waals surface area (Å²) in [6.45, 7) is 10.5. The van der Waals surface area contributed by atoms with Gasteiger partial charge in [0.2, 0.25) is 0 Å². The second kappa shape index (κ2) is 5.27. The van der Waals surface area contributed by atoms with Crippen LogP contribution in [0, 0.1) is 12.8 Å². The van der Waals surface area contributed by atoms with E-state index in [-0.39, 0.29) is 0 Å². The Kier molecular flexibility index (Phi) is 4.99. The predicted molar refractivity (Wildman–Crippen MR) is 43.9 cm³/mol. The van der Waals surface area contributed by atoms with Gasteiger partial charge < -0.3 is 4.84 Å². The third-order valence-corrected chi connectivity index (χ3v) is 0.990. The number of nitrogens with zero attached hydrogens (tertiary/aromatic N) is 1. The molecule has 0 aromatic carbocycles. The van der Waals surface area contributed by atoms with Gasteiger partial charge in [0.25, 0.3) is 0 Å². The molecule has 0 amide bonds. The summed E-state index contributed by atoms with van der Waals surface area (Å²) in [7, 11) is 0. The molecule has 1 radical (unpaired) electrons. The maximum atomic E-state index is 5.00. The highest BCUT2D eigenvalue weighted by molar-refractivity contribution is 5.81. The van der Waals surface area contributed by atoms with Crippen molar-refractivity contribution >= 4 is 5.71 Å². The van der Waals surface area contributed by atoms with Crippen LogP contribution >= 0.6 is 0 Å². The van der Waals surface area contributed by atoms with Crippen LogP contribution in [0.5, 0.6) is 0 Å². The van der Waals surface area contributed by atoms with Crippen LogP contribution in [0.2, 0.25) is 0 Å². The average molecular weight is 142 g/mol. The fraction of sp³-hybridized carbons (Fsp3) is 0.750. The molecule has 0 aromatic rings. The molecule has 0 aromatic heterocycles. The van der Waals surface area contributed by atoms with E-state index < -0.39 is 0 Å². The van der Waals surface area contributed by atoms with E-state index in [1.54, 1.807) is 0 Å². The summed E-state index contributed by atoms with van der Waals surface area (Å²) in [4.78, 5) is 5.00. The number of hydrogen-bond acceptors (Lipinski definition) is 2. The first-order valence-electron chi connectivity index (χ1n) is 3.61. The second-order valence-electron chi connectivity index (χ2n) is 2.77. The Morgan fingerprint density at radius 2 is 2.20 bits per heavy atom. The lowest BCUT2D eigenvalue weighted by molar-refractivity contribution is 0.118. The van der Waals surface area contributed by atoms with Crippen LogP contribution in [-0.4, -0.2) is 12.3 Å². The Bertz CT molecular complexity index is 108. The number of oxime groups is 1. The van der Waals surface area contributed by atoms with Crippen LogP contribution in [0.3, 0.4) is 0 Å². The highest BCUT2D eigenvalue weighted by atomic mass is 16.6. The normalized spacial score (nSPS) is 12.3. The Balaban J connectivity index is 3.34. The molecular weight excluding hydrogens is 126 g/mol. The molecule has 10 heavy (non-hydrogen) atoms. The van der Waals surface area contributed by atoms with Gasteiger partial charge in [-0.25, -0.2) is 0 Å². The van der Waals surface area contributed by atoms with Crippen molar-refractivity contribution in [3.63, 3.8) is 0 Å². The molecule has 0 spiro atoms. The van der Waals surface area contributed by atoms with Crippen molar-refractivity contribution in [2.45, 2.75) is 27.2 Å². The van der Waals surface area contributed by atoms with Gasteiger partial charge in [0.15, 0.2) is 0 Å². The third kappa shape index (κ3) is 5.60. The monoisotopic (exact) mass is 142 g/mol. The highest BCUT2D eigenvalue weighted by Gasteiger charge is 1.91. The Morgan fingerprint density at radius 1 is 1.60 bits per heavy atom. The summed E-state index contributed by atoms with van der Waals surface area (Å²) in [5, 5.41) is 3.84. The minimum absolute atomic E-state index is 0.543. The maximum absolute atomic E-state index is 5.00. The van der Waals surface area contributed by atoms with Crippen molar-refractivity contribution in [3.05, 3.63) is 6.92 Å².